The molecule has 1 aromatic heterocycles. The van der Waals surface area contributed by atoms with Crippen LogP contribution >= 0.6 is 0 Å². The van der Waals surface area contributed by atoms with Crippen molar-refractivity contribution in [1.29, 1.82) is 0 Å². The van der Waals surface area contributed by atoms with Crippen LogP contribution in [0.4, 0.5) is 8.78 Å². The molecule has 1 unspecified atom stereocenters. The van der Waals surface area contributed by atoms with Crippen molar-refractivity contribution in [3.8, 4) is 0 Å². The molecule has 1 aromatic carbocycles. The second-order valence-corrected chi connectivity index (χ2v) is 4.67. The van der Waals surface area contributed by atoms with E-state index in [9.17, 15) is 13.9 Å². The molecule has 0 aliphatic heterocycles. The average molecular weight is 266 g/mol. The largest absolute Gasteiger partial charge is 0.377 e. The lowest BCUT2D eigenvalue weighted by Gasteiger charge is -2.24. The molecule has 0 radical (unpaired) electrons. The fraction of sp³-hybridized carbons (Fsp3) is 0.357. The first-order chi connectivity index (χ1) is 8.95. The SMILES string of the molecule is CCCn1ccnc1C(C)(O)c1cc(F)cc(F)c1. The Bertz CT molecular complexity index is 558. The van der Waals surface area contributed by atoms with Gasteiger partial charge in [0.1, 0.15) is 23.1 Å². The van der Waals surface area contributed by atoms with Gasteiger partial charge in [0.2, 0.25) is 0 Å². The van der Waals surface area contributed by atoms with Gasteiger partial charge in [-0.3, -0.25) is 0 Å². The average Bonchev–Trinajstić information content (AvgIpc) is 2.77. The second-order valence-electron chi connectivity index (χ2n) is 4.67. The number of hydrogen-bond acceptors (Lipinski definition) is 2. The van der Waals surface area contributed by atoms with Crippen LogP contribution in [0.1, 0.15) is 31.7 Å². The Morgan fingerprint density at radius 2 is 1.89 bits per heavy atom. The van der Waals surface area contributed by atoms with Crippen molar-refractivity contribution in [2.75, 3.05) is 0 Å². The number of nitrogens with zero attached hydrogens (tertiary/aromatic N) is 2. The van der Waals surface area contributed by atoms with Gasteiger partial charge < -0.3 is 9.67 Å². The van der Waals surface area contributed by atoms with Gasteiger partial charge >= 0.3 is 0 Å². The number of imidazole rings is 1. The third-order valence-corrected chi connectivity index (χ3v) is 3.04. The van der Waals surface area contributed by atoms with Gasteiger partial charge in [-0.15, -0.1) is 0 Å². The number of hydrogen-bond donors (Lipinski definition) is 1. The number of aryl methyl sites for hydroxylation is 1. The highest BCUT2D eigenvalue weighted by Gasteiger charge is 2.31. The molecule has 5 heteroatoms. The highest BCUT2D eigenvalue weighted by molar-refractivity contribution is 5.30. The predicted octanol–water partition coefficient (Wildman–Crippen LogP) is 2.83. The van der Waals surface area contributed by atoms with Crippen molar-refractivity contribution in [2.45, 2.75) is 32.4 Å². The van der Waals surface area contributed by atoms with E-state index in [1.54, 1.807) is 17.0 Å². The lowest BCUT2D eigenvalue weighted by molar-refractivity contribution is 0.0871. The Balaban J connectivity index is 2.48. The first-order valence-corrected chi connectivity index (χ1v) is 6.15. The van der Waals surface area contributed by atoms with Crippen molar-refractivity contribution >= 4 is 0 Å². The highest BCUT2D eigenvalue weighted by Crippen LogP contribution is 2.29. The fourth-order valence-corrected chi connectivity index (χ4v) is 2.12. The fourth-order valence-electron chi connectivity index (χ4n) is 2.12. The summed E-state index contributed by atoms with van der Waals surface area (Å²) >= 11 is 0. The van der Waals surface area contributed by atoms with Crippen LogP contribution in [-0.2, 0) is 12.1 Å². The van der Waals surface area contributed by atoms with E-state index in [2.05, 4.69) is 4.98 Å². The summed E-state index contributed by atoms with van der Waals surface area (Å²) in [6.07, 6.45) is 4.18. The molecule has 1 N–H and O–H groups in total. The minimum absolute atomic E-state index is 0.147. The van der Waals surface area contributed by atoms with E-state index in [0.717, 1.165) is 24.6 Å². The molecule has 1 atom stereocenters. The van der Waals surface area contributed by atoms with Crippen LogP contribution in [0.2, 0.25) is 0 Å². The third-order valence-electron chi connectivity index (χ3n) is 3.04. The van der Waals surface area contributed by atoms with E-state index in [4.69, 9.17) is 0 Å². The Labute approximate surface area is 110 Å². The second kappa shape index (κ2) is 5.09. The summed E-state index contributed by atoms with van der Waals surface area (Å²) in [7, 11) is 0. The molecule has 0 saturated heterocycles. The van der Waals surface area contributed by atoms with E-state index in [0.29, 0.717) is 12.4 Å². The Hall–Kier alpha value is -1.75. The Morgan fingerprint density at radius 1 is 1.26 bits per heavy atom. The van der Waals surface area contributed by atoms with Crippen LogP contribution in [-0.4, -0.2) is 14.7 Å². The predicted molar refractivity (Wildman–Crippen MR) is 67.5 cm³/mol. The van der Waals surface area contributed by atoms with E-state index in [-0.39, 0.29) is 5.56 Å². The topological polar surface area (TPSA) is 38.0 Å². The van der Waals surface area contributed by atoms with Gasteiger partial charge in [0, 0.05) is 25.0 Å². The van der Waals surface area contributed by atoms with Crippen LogP contribution in [0.3, 0.4) is 0 Å². The molecule has 19 heavy (non-hydrogen) atoms. The van der Waals surface area contributed by atoms with Crippen molar-refractivity contribution in [3.05, 3.63) is 53.6 Å². The normalized spacial score (nSPS) is 14.4. The summed E-state index contributed by atoms with van der Waals surface area (Å²) in [5.74, 6) is -1.06. The summed E-state index contributed by atoms with van der Waals surface area (Å²) in [6.45, 7) is 4.17. The van der Waals surface area contributed by atoms with Crippen molar-refractivity contribution in [1.82, 2.24) is 9.55 Å². The van der Waals surface area contributed by atoms with Gasteiger partial charge in [0.15, 0.2) is 0 Å². The minimum Gasteiger partial charge on any atom is -0.377 e. The van der Waals surface area contributed by atoms with E-state index >= 15 is 0 Å². The van der Waals surface area contributed by atoms with Gasteiger partial charge in [-0.2, -0.15) is 0 Å². The summed E-state index contributed by atoms with van der Waals surface area (Å²) < 4.78 is 28.3. The van der Waals surface area contributed by atoms with Gasteiger partial charge in [0.25, 0.3) is 0 Å². The molecule has 3 nitrogen and oxygen atoms in total. The summed E-state index contributed by atoms with van der Waals surface area (Å²) in [6, 6.07) is 3.01. The molecule has 1 heterocycles. The summed E-state index contributed by atoms with van der Waals surface area (Å²) in [5.41, 5.74) is -1.39. The number of aromatic nitrogens is 2. The zero-order valence-electron chi connectivity index (χ0n) is 10.9. The van der Waals surface area contributed by atoms with Crippen molar-refractivity contribution in [2.24, 2.45) is 0 Å². The maximum Gasteiger partial charge on any atom is 0.145 e. The minimum atomic E-state index is -1.54. The van der Waals surface area contributed by atoms with Crippen LogP contribution in [0, 0.1) is 11.6 Å². The third kappa shape index (κ3) is 2.66. The van der Waals surface area contributed by atoms with E-state index in [1.165, 1.54) is 6.92 Å². The molecule has 0 aliphatic carbocycles. The zero-order chi connectivity index (χ0) is 14.0. The number of halogens is 2. The molecule has 0 spiro atoms. The van der Waals surface area contributed by atoms with E-state index < -0.39 is 17.2 Å². The van der Waals surface area contributed by atoms with Crippen molar-refractivity contribution in [3.63, 3.8) is 0 Å². The summed E-state index contributed by atoms with van der Waals surface area (Å²) in [4.78, 5) is 4.11. The number of rotatable bonds is 4. The molecular formula is C14H16F2N2O. The highest BCUT2D eigenvalue weighted by atomic mass is 19.1. The monoisotopic (exact) mass is 266 g/mol. The number of aliphatic hydroxyl groups is 1. The molecule has 2 rings (SSSR count). The molecule has 0 aliphatic rings. The lowest BCUT2D eigenvalue weighted by Crippen LogP contribution is -2.28. The Kier molecular flexibility index (Phi) is 3.66. The van der Waals surface area contributed by atoms with Gasteiger partial charge in [-0.1, -0.05) is 6.92 Å². The maximum absolute atomic E-state index is 13.3. The molecule has 2 aromatic rings. The quantitative estimate of drug-likeness (QED) is 0.924. The van der Waals surface area contributed by atoms with Crippen LogP contribution < -0.4 is 0 Å². The standard InChI is InChI=1S/C14H16F2N2O/c1-3-5-18-6-4-17-13(18)14(2,19)10-7-11(15)9-12(16)8-10/h4,6-9,19H,3,5H2,1-2H3. The van der Waals surface area contributed by atoms with Gasteiger partial charge in [-0.25, -0.2) is 13.8 Å². The van der Waals surface area contributed by atoms with Gasteiger partial charge in [-0.05, 0) is 31.0 Å². The molecular weight excluding hydrogens is 250 g/mol. The smallest absolute Gasteiger partial charge is 0.145 e. The first kappa shape index (κ1) is 13.7. The van der Waals surface area contributed by atoms with Crippen LogP contribution in [0.5, 0.6) is 0 Å². The molecule has 0 amide bonds. The Morgan fingerprint density at radius 3 is 2.47 bits per heavy atom. The summed E-state index contributed by atoms with van der Waals surface area (Å²) in [5, 5.41) is 10.6. The molecule has 0 fully saturated rings. The van der Waals surface area contributed by atoms with Crippen LogP contribution in [0.15, 0.2) is 30.6 Å². The number of benzene rings is 1. The van der Waals surface area contributed by atoms with Crippen LogP contribution in [0.25, 0.3) is 0 Å². The first-order valence-electron chi connectivity index (χ1n) is 6.15. The lowest BCUT2D eigenvalue weighted by atomic mass is 9.94. The van der Waals surface area contributed by atoms with Gasteiger partial charge in [0.05, 0.1) is 0 Å². The molecule has 102 valence electrons. The zero-order valence-corrected chi connectivity index (χ0v) is 10.9. The van der Waals surface area contributed by atoms with Crippen molar-refractivity contribution < 1.29 is 13.9 Å². The maximum atomic E-state index is 13.3. The molecule has 0 bridgehead atoms. The molecule has 0 saturated carbocycles. The van der Waals surface area contributed by atoms with E-state index in [1.807, 2.05) is 6.92 Å².